The van der Waals surface area contributed by atoms with Gasteiger partial charge in [-0.3, -0.25) is 4.98 Å². The van der Waals surface area contributed by atoms with Gasteiger partial charge in [0.15, 0.2) is 0 Å². The van der Waals surface area contributed by atoms with Gasteiger partial charge >= 0.3 is 0 Å². The van der Waals surface area contributed by atoms with Crippen molar-refractivity contribution in [3.05, 3.63) is 21.1 Å². The summed E-state index contributed by atoms with van der Waals surface area (Å²) in [6, 6.07) is 0. The summed E-state index contributed by atoms with van der Waals surface area (Å²) in [5.74, 6) is 0. The number of hydrogen-bond acceptors (Lipinski definition) is 3. The Labute approximate surface area is 75.3 Å². The third-order valence-electron chi connectivity index (χ3n) is 0.963. The highest BCUT2D eigenvalue weighted by atomic mass is 79.9. The van der Waals surface area contributed by atoms with Gasteiger partial charge in [0.1, 0.15) is 9.21 Å². The molecule has 0 aliphatic carbocycles. The van der Waals surface area contributed by atoms with Crippen molar-refractivity contribution in [3.63, 3.8) is 0 Å². The van der Waals surface area contributed by atoms with Gasteiger partial charge in [-0.1, -0.05) is 0 Å². The summed E-state index contributed by atoms with van der Waals surface area (Å²) in [5, 5.41) is 0. The highest BCUT2D eigenvalue weighted by Crippen LogP contribution is 2.13. The smallest absolute Gasteiger partial charge is 0.130 e. The van der Waals surface area contributed by atoms with E-state index in [0.717, 1.165) is 5.69 Å². The van der Waals surface area contributed by atoms with Crippen molar-refractivity contribution >= 4 is 31.9 Å². The molecule has 5 heteroatoms. The van der Waals surface area contributed by atoms with Gasteiger partial charge in [-0.05, 0) is 31.9 Å². The van der Waals surface area contributed by atoms with Crippen LogP contribution in [0.15, 0.2) is 15.4 Å². The van der Waals surface area contributed by atoms with E-state index >= 15 is 0 Å². The summed E-state index contributed by atoms with van der Waals surface area (Å²) in [5.41, 5.74) is 6.12. The summed E-state index contributed by atoms with van der Waals surface area (Å²) >= 11 is 6.40. The molecule has 1 heterocycles. The van der Waals surface area contributed by atoms with Gasteiger partial charge in [0.25, 0.3) is 0 Å². The number of aromatic nitrogens is 2. The number of halogens is 2. The molecule has 0 bridgehead atoms. The summed E-state index contributed by atoms with van der Waals surface area (Å²) in [6.45, 7) is 0.404. The molecular weight excluding hydrogens is 262 g/mol. The normalized spacial score (nSPS) is 9.90. The standard InChI is InChI=1S/C5H5Br2N3/c6-4-2-9-3(1-8)5(7)10-4/h2H,1,8H2. The molecule has 0 saturated carbocycles. The fourth-order valence-electron chi connectivity index (χ4n) is 0.509. The van der Waals surface area contributed by atoms with Gasteiger partial charge in [0, 0.05) is 6.54 Å². The van der Waals surface area contributed by atoms with E-state index in [0.29, 0.717) is 15.8 Å². The van der Waals surface area contributed by atoms with E-state index in [4.69, 9.17) is 5.73 Å². The average molecular weight is 267 g/mol. The van der Waals surface area contributed by atoms with E-state index in [1.807, 2.05) is 0 Å². The Bertz CT molecular complexity index is 238. The Hall–Kier alpha value is -0.0000000000000000555. The summed E-state index contributed by atoms with van der Waals surface area (Å²) in [6.07, 6.45) is 1.62. The molecule has 0 aromatic carbocycles. The van der Waals surface area contributed by atoms with Gasteiger partial charge in [-0.2, -0.15) is 0 Å². The Balaban J connectivity index is 3.07. The van der Waals surface area contributed by atoms with Crippen molar-refractivity contribution in [3.8, 4) is 0 Å². The highest BCUT2D eigenvalue weighted by Gasteiger charge is 1.99. The fraction of sp³-hybridized carbons (Fsp3) is 0.200. The zero-order valence-electron chi connectivity index (χ0n) is 5.01. The average Bonchev–Trinajstić information content (AvgIpc) is 1.88. The molecule has 0 amide bonds. The maximum absolute atomic E-state index is 5.35. The van der Waals surface area contributed by atoms with Gasteiger partial charge in [0.05, 0.1) is 11.9 Å². The maximum atomic E-state index is 5.35. The van der Waals surface area contributed by atoms with Crippen molar-refractivity contribution in [2.45, 2.75) is 6.54 Å². The van der Waals surface area contributed by atoms with Crippen LogP contribution in [0.25, 0.3) is 0 Å². The quantitative estimate of drug-likeness (QED) is 0.837. The SMILES string of the molecule is NCc1ncc(Br)nc1Br. The molecule has 0 unspecified atom stereocenters. The zero-order valence-corrected chi connectivity index (χ0v) is 8.18. The van der Waals surface area contributed by atoms with Crippen LogP contribution in [0.4, 0.5) is 0 Å². The lowest BCUT2D eigenvalue weighted by molar-refractivity contribution is 0.936. The number of nitrogens with two attached hydrogens (primary N) is 1. The van der Waals surface area contributed by atoms with Crippen LogP contribution in [0.2, 0.25) is 0 Å². The molecule has 0 atom stereocenters. The lowest BCUT2D eigenvalue weighted by Crippen LogP contribution is -2.01. The van der Waals surface area contributed by atoms with Crippen molar-refractivity contribution < 1.29 is 0 Å². The van der Waals surface area contributed by atoms with Crippen LogP contribution >= 0.6 is 31.9 Å². The third-order valence-corrected chi connectivity index (χ3v) is 1.98. The number of nitrogens with zero attached hydrogens (tertiary/aromatic N) is 2. The number of rotatable bonds is 1. The van der Waals surface area contributed by atoms with Crippen LogP contribution in [0.3, 0.4) is 0 Å². The van der Waals surface area contributed by atoms with E-state index in [2.05, 4.69) is 41.8 Å². The molecule has 0 saturated heterocycles. The van der Waals surface area contributed by atoms with Crippen molar-refractivity contribution in [2.75, 3.05) is 0 Å². The van der Waals surface area contributed by atoms with Crippen LogP contribution in [0, 0.1) is 0 Å². The number of hydrogen-bond donors (Lipinski definition) is 1. The molecule has 0 radical (unpaired) electrons. The van der Waals surface area contributed by atoms with Gasteiger partial charge < -0.3 is 5.73 Å². The van der Waals surface area contributed by atoms with Gasteiger partial charge in [-0.25, -0.2) is 4.98 Å². The van der Waals surface area contributed by atoms with Crippen molar-refractivity contribution in [1.82, 2.24) is 9.97 Å². The second kappa shape index (κ2) is 3.41. The minimum Gasteiger partial charge on any atom is -0.325 e. The summed E-state index contributed by atoms with van der Waals surface area (Å²) < 4.78 is 1.40. The summed E-state index contributed by atoms with van der Waals surface area (Å²) in [7, 11) is 0. The van der Waals surface area contributed by atoms with E-state index in [1.54, 1.807) is 6.20 Å². The van der Waals surface area contributed by atoms with Crippen LogP contribution in [0.1, 0.15) is 5.69 Å². The largest absolute Gasteiger partial charge is 0.325 e. The minimum atomic E-state index is 0.404. The summed E-state index contributed by atoms with van der Waals surface area (Å²) in [4.78, 5) is 8.05. The van der Waals surface area contributed by atoms with Crippen molar-refractivity contribution in [2.24, 2.45) is 5.73 Å². The molecule has 0 spiro atoms. The van der Waals surface area contributed by atoms with Gasteiger partial charge in [-0.15, -0.1) is 0 Å². The van der Waals surface area contributed by atoms with E-state index in [-0.39, 0.29) is 0 Å². The molecule has 10 heavy (non-hydrogen) atoms. The van der Waals surface area contributed by atoms with E-state index in [9.17, 15) is 0 Å². The molecule has 1 rings (SSSR count). The molecule has 0 fully saturated rings. The predicted molar refractivity (Wildman–Crippen MR) is 45.3 cm³/mol. The molecule has 54 valence electrons. The molecule has 1 aromatic rings. The Morgan fingerprint density at radius 2 is 2.20 bits per heavy atom. The Kier molecular flexibility index (Phi) is 2.76. The zero-order chi connectivity index (χ0) is 7.56. The van der Waals surface area contributed by atoms with Crippen LogP contribution in [-0.4, -0.2) is 9.97 Å². The molecule has 3 nitrogen and oxygen atoms in total. The topological polar surface area (TPSA) is 51.8 Å². The molecule has 0 aliphatic heterocycles. The van der Waals surface area contributed by atoms with Gasteiger partial charge in [0.2, 0.25) is 0 Å². The minimum absolute atomic E-state index is 0.404. The second-order valence-electron chi connectivity index (χ2n) is 1.63. The van der Waals surface area contributed by atoms with Crippen LogP contribution in [0.5, 0.6) is 0 Å². The molecule has 0 aliphatic rings. The fourth-order valence-corrected chi connectivity index (χ4v) is 1.48. The van der Waals surface area contributed by atoms with Crippen LogP contribution in [-0.2, 0) is 6.54 Å². The van der Waals surface area contributed by atoms with Crippen molar-refractivity contribution in [1.29, 1.82) is 0 Å². The first-order chi connectivity index (χ1) is 4.74. The maximum Gasteiger partial charge on any atom is 0.130 e. The first kappa shape index (κ1) is 8.10. The first-order valence-corrected chi connectivity index (χ1v) is 4.19. The molecular formula is C5H5Br2N3. The second-order valence-corrected chi connectivity index (χ2v) is 3.20. The van der Waals surface area contributed by atoms with E-state index in [1.165, 1.54) is 0 Å². The van der Waals surface area contributed by atoms with Crippen LogP contribution < -0.4 is 5.73 Å². The first-order valence-electron chi connectivity index (χ1n) is 2.61. The lowest BCUT2D eigenvalue weighted by Gasteiger charge is -1.97. The lowest BCUT2D eigenvalue weighted by atomic mass is 10.5. The Morgan fingerprint density at radius 3 is 2.70 bits per heavy atom. The highest BCUT2D eigenvalue weighted by molar-refractivity contribution is 9.11. The third kappa shape index (κ3) is 1.74. The molecule has 1 aromatic heterocycles. The van der Waals surface area contributed by atoms with E-state index < -0.39 is 0 Å². The Morgan fingerprint density at radius 1 is 1.50 bits per heavy atom. The molecule has 2 N–H and O–H groups in total. The monoisotopic (exact) mass is 265 g/mol. The predicted octanol–water partition coefficient (Wildman–Crippen LogP) is 1.46.